The number of halogens is 4. The molecule has 1 atom stereocenters. The average Bonchev–Trinajstić information content (AvgIpc) is 3.35. The van der Waals surface area contributed by atoms with Crippen molar-refractivity contribution in [2.45, 2.75) is 44.3 Å². The number of hydrogen-bond acceptors (Lipinski definition) is 6. The van der Waals surface area contributed by atoms with Crippen LogP contribution in [0.5, 0.6) is 11.5 Å². The number of nitrogens with zero attached hydrogens (tertiary/aromatic N) is 1. The Morgan fingerprint density at radius 1 is 0.975 bits per heavy atom. The quantitative estimate of drug-likeness (QED) is 0.444. The number of rotatable bonds is 9. The first-order valence-electron chi connectivity index (χ1n) is 12.5. The van der Waals surface area contributed by atoms with E-state index in [0.717, 1.165) is 43.1 Å². The second-order valence-corrected chi connectivity index (χ2v) is 11.3. The van der Waals surface area contributed by atoms with E-state index in [2.05, 4.69) is 10.6 Å². The van der Waals surface area contributed by atoms with Gasteiger partial charge >= 0.3 is 6.18 Å². The van der Waals surface area contributed by atoms with E-state index in [4.69, 9.17) is 21.1 Å². The summed E-state index contributed by atoms with van der Waals surface area (Å²) in [5.74, 6) is -2.42. The van der Waals surface area contributed by atoms with Gasteiger partial charge in [0.05, 0.1) is 10.6 Å². The summed E-state index contributed by atoms with van der Waals surface area (Å²) in [5, 5.41) is 4.80. The van der Waals surface area contributed by atoms with Crippen molar-refractivity contribution in [2.24, 2.45) is 0 Å². The molecule has 2 aromatic rings. The largest absolute Gasteiger partial charge is 0.454 e. The van der Waals surface area contributed by atoms with Crippen LogP contribution >= 0.6 is 11.6 Å². The lowest BCUT2D eigenvalue weighted by Gasteiger charge is -2.27. The number of benzene rings is 2. The third kappa shape index (κ3) is 7.87. The van der Waals surface area contributed by atoms with Gasteiger partial charge in [-0.25, -0.2) is 0 Å². The minimum absolute atomic E-state index is 0.0477. The molecular weight excluding hydrogens is 575 g/mol. The van der Waals surface area contributed by atoms with Gasteiger partial charge in [0, 0.05) is 34.3 Å². The Balaban J connectivity index is 1.44. The van der Waals surface area contributed by atoms with Gasteiger partial charge in [-0.2, -0.15) is 13.2 Å². The lowest BCUT2D eigenvalue weighted by atomic mass is 9.95. The zero-order valence-corrected chi connectivity index (χ0v) is 22.8. The summed E-state index contributed by atoms with van der Waals surface area (Å²) < 4.78 is 63.7. The van der Waals surface area contributed by atoms with Crippen LogP contribution in [0.3, 0.4) is 0 Å². The monoisotopic (exact) mass is 601 g/mol. The van der Waals surface area contributed by atoms with Crippen LogP contribution < -0.4 is 25.0 Å². The molecule has 0 bridgehead atoms. The third-order valence-corrected chi connectivity index (χ3v) is 7.86. The maximum Gasteiger partial charge on any atom is 0.417 e. The number of nitrogens with one attached hydrogen (secondary N) is 2. The van der Waals surface area contributed by atoms with Gasteiger partial charge in [-0.05, 0) is 43.2 Å². The van der Waals surface area contributed by atoms with Crippen molar-refractivity contribution < 1.29 is 41.2 Å². The zero-order valence-electron chi connectivity index (χ0n) is 21.2. The smallest absolute Gasteiger partial charge is 0.417 e. The Morgan fingerprint density at radius 3 is 2.42 bits per heavy atom. The standard InChI is InChI=1S/C26H27ClF3N3O6S/c27-20-8-7-18(11-19(20)26(28,29)30)33(12-23(34)31-16-4-2-1-3-5-16)25(36)14-40(37)13-24(35)32-17-6-9-21-22(10-17)39-15-38-21/h6-11,16H,1-5,12-15H2,(H,31,34)(H,32,35)/t40-/m0/s1. The predicted octanol–water partition coefficient (Wildman–Crippen LogP) is 4.26. The Morgan fingerprint density at radius 2 is 1.70 bits per heavy atom. The molecule has 0 aromatic heterocycles. The number of alkyl halides is 3. The van der Waals surface area contributed by atoms with Crippen LogP contribution in [-0.2, 0) is 31.4 Å². The molecular formula is C26H27ClF3N3O6S. The summed E-state index contributed by atoms with van der Waals surface area (Å²) in [7, 11) is -2.03. The lowest BCUT2D eigenvalue weighted by molar-refractivity contribution is -0.137. The van der Waals surface area contributed by atoms with E-state index >= 15 is 0 Å². The molecule has 14 heteroatoms. The Hall–Kier alpha value is -3.32. The van der Waals surface area contributed by atoms with E-state index in [0.29, 0.717) is 23.3 Å². The summed E-state index contributed by atoms with van der Waals surface area (Å²) in [6.45, 7) is -0.541. The molecule has 1 aliphatic heterocycles. The summed E-state index contributed by atoms with van der Waals surface area (Å²) >= 11 is 5.73. The Kier molecular flexibility index (Phi) is 9.56. The minimum atomic E-state index is -4.80. The first kappa shape index (κ1) is 29.7. The molecule has 1 saturated carbocycles. The molecule has 40 heavy (non-hydrogen) atoms. The highest BCUT2D eigenvalue weighted by molar-refractivity contribution is 7.86. The van der Waals surface area contributed by atoms with Gasteiger partial charge in [0.15, 0.2) is 11.5 Å². The molecule has 4 rings (SSSR count). The molecule has 0 saturated heterocycles. The van der Waals surface area contributed by atoms with Gasteiger partial charge < -0.3 is 25.0 Å². The van der Waals surface area contributed by atoms with Crippen molar-refractivity contribution in [1.82, 2.24) is 5.32 Å². The molecule has 2 N–H and O–H groups in total. The molecule has 9 nitrogen and oxygen atoms in total. The highest BCUT2D eigenvalue weighted by Crippen LogP contribution is 2.37. The van der Waals surface area contributed by atoms with Crippen LogP contribution in [0.4, 0.5) is 24.5 Å². The highest BCUT2D eigenvalue weighted by atomic mass is 35.5. The SMILES string of the molecule is O=C(C[S@](=O)CC(=O)N(CC(=O)NC1CCCCC1)c1ccc(Cl)c(C(F)(F)F)c1)Nc1ccc2c(c1)OCO2. The molecule has 2 aromatic carbocycles. The number of ether oxygens (including phenoxy) is 2. The molecule has 0 unspecified atom stereocenters. The van der Waals surface area contributed by atoms with Gasteiger partial charge in [0.1, 0.15) is 18.1 Å². The molecule has 3 amide bonds. The maximum absolute atomic E-state index is 13.5. The molecule has 1 fully saturated rings. The molecule has 0 spiro atoms. The maximum atomic E-state index is 13.5. The minimum Gasteiger partial charge on any atom is -0.454 e. The number of anilines is 2. The van der Waals surface area contributed by atoms with E-state index in [1.807, 2.05) is 0 Å². The first-order chi connectivity index (χ1) is 19.0. The van der Waals surface area contributed by atoms with Crippen LogP contribution in [-0.4, -0.2) is 52.8 Å². The fourth-order valence-corrected chi connectivity index (χ4v) is 5.59. The topological polar surface area (TPSA) is 114 Å². The summed E-state index contributed by atoms with van der Waals surface area (Å²) in [6.07, 6.45) is -0.347. The number of amides is 3. The predicted molar refractivity (Wildman–Crippen MR) is 143 cm³/mol. The fraction of sp³-hybridized carbons (Fsp3) is 0.423. The van der Waals surface area contributed by atoms with Crippen molar-refractivity contribution >= 4 is 51.5 Å². The van der Waals surface area contributed by atoms with Crippen LogP contribution in [0.15, 0.2) is 36.4 Å². The number of carbonyl (C=O) groups excluding carboxylic acids is 3. The summed E-state index contributed by atoms with van der Waals surface area (Å²) in [5.41, 5.74) is -1.05. The van der Waals surface area contributed by atoms with E-state index in [-0.39, 0.29) is 18.5 Å². The van der Waals surface area contributed by atoms with Crippen LogP contribution in [0.25, 0.3) is 0 Å². The highest BCUT2D eigenvalue weighted by Gasteiger charge is 2.34. The Labute approximate surface area is 235 Å². The lowest BCUT2D eigenvalue weighted by Crippen LogP contribution is -2.46. The van der Waals surface area contributed by atoms with Gasteiger partial charge in [-0.15, -0.1) is 0 Å². The van der Waals surface area contributed by atoms with Gasteiger partial charge in [0.25, 0.3) is 0 Å². The number of hydrogen-bond donors (Lipinski definition) is 2. The zero-order chi connectivity index (χ0) is 28.9. The average molecular weight is 602 g/mol. The molecule has 0 radical (unpaired) electrons. The van der Waals surface area contributed by atoms with Crippen molar-refractivity contribution in [3.63, 3.8) is 0 Å². The normalized spacial score (nSPS) is 15.8. The van der Waals surface area contributed by atoms with Crippen molar-refractivity contribution in [1.29, 1.82) is 0 Å². The van der Waals surface area contributed by atoms with E-state index in [9.17, 15) is 31.8 Å². The van der Waals surface area contributed by atoms with Gasteiger partial charge in [0.2, 0.25) is 24.5 Å². The number of fused-ring (bicyclic) bond motifs is 1. The van der Waals surface area contributed by atoms with E-state index in [1.165, 1.54) is 12.1 Å². The first-order valence-corrected chi connectivity index (χ1v) is 14.4. The van der Waals surface area contributed by atoms with E-state index in [1.54, 1.807) is 12.1 Å². The summed E-state index contributed by atoms with van der Waals surface area (Å²) in [4.78, 5) is 39.2. The molecule has 2 aliphatic rings. The van der Waals surface area contributed by atoms with Gasteiger partial charge in [-0.3, -0.25) is 18.6 Å². The number of carbonyl (C=O) groups is 3. The van der Waals surface area contributed by atoms with Crippen LogP contribution in [0.1, 0.15) is 37.7 Å². The second kappa shape index (κ2) is 12.9. The van der Waals surface area contributed by atoms with Crippen molar-refractivity contribution in [2.75, 3.05) is 35.1 Å². The molecule has 1 aliphatic carbocycles. The van der Waals surface area contributed by atoms with Crippen molar-refractivity contribution in [3.8, 4) is 11.5 Å². The van der Waals surface area contributed by atoms with E-state index < -0.39 is 63.3 Å². The second-order valence-electron chi connectivity index (χ2n) is 9.39. The van der Waals surface area contributed by atoms with Crippen molar-refractivity contribution in [3.05, 3.63) is 47.0 Å². The molecule has 1 heterocycles. The van der Waals surface area contributed by atoms with Gasteiger partial charge in [-0.1, -0.05) is 30.9 Å². The third-order valence-electron chi connectivity index (χ3n) is 6.37. The molecule has 216 valence electrons. The van der Waals surface area contributed by atoms with Crippen LogP contribution in [0.2, 0.25) is 5.02 Å². The Bertz CT molecular complexity index is 1300. The van der Waals surface area contributed by atoms with Crippen LogP contribution in [0, 0.1) is 0 Å². The fourth-order valence-electron chi connectivity index (χ4n) is 4.47. The summed E-state index contributed by atoms with van der Waals surface area (Å²) in [6, 6.07) is 7.42.